The molecule has 1 amide bonds. The summed E-state index contributed by atoms with van der Waals surface area (Å²) in [5.41, 5.74) is 7.56. The maximum absolute atomic E-state index is 13.0. The number of nitrogens with one attached hydrogen (secondary N) is 2. The highest BCUT2D eigenvalue weighted by molar-refractivity contribution is 6.12. The smallest absolute Gasteiger partial charge is 0.257 e. The monoisotopic (exact) mass is 395 g/mol. The van der Waals surface area contributed by atoms with Gasteiger partial charge in [0.2, 0.25) is 0 Å². The van der Waals surface area contributed by atoms with Gasteiger partial charge in [-0.15, -0.1) is 0 Å². The van der Waals surface area contributed by atoms with E-state index in [0.29, 0.717) is 34.1 Å². The average Bonchev–Trinajstić information content (AvgIpc) is 3.28. The molecule has 4 aromatic rings. The Morgan fingerprint density at radius 1 is 1.23 bits per heavy atom. The summed E-state index contributed by atoms with van der Waals surface area (Å²) >= 11 is 0. The van der Waals surface area contributed by atoms with E-state index in [2.05, 4.69) is 33.6 Å². The van der Waals surface area contributed by atoms with Crippen molar-refractivity contribution in [1.82, 2.24) is 4.98 Å². The van der Waals surface area contributed by atoms with E-state index in [0.717, 1.165) is 16.8 Å². The predicted octanol–water partition coefficient (Wildman–Crippen LogP) is 4.57. The minimum atomic E-state index is -0.306. The molecule has 0 saturated heterocycles. The summed E-state index contributed by atoms with van der Waals surface area (Å²) in [4.78, 5) is 17.3. The van der Waals surface area contributed by atoms with E-state index in [1.165, 1.54) is 0 Å². The van der Waals surface area contributed by atoms with Crippen LogP contribution in [0.1, 0.15) is 27.0 Å². The fourth-order valence-corrected chi connectivity index (χ4v) is 3.28. The summed E-state index contributed by atoms with van der Waals surface area (Å²) < 4.78 is 5.14. The number of hydrazone groups is 1. The third-order valence-electron chi connectivity index (χ3n) is 4.67. The molecule has 2 aromatic heterocycles. The van der Waals surface area contributed by atoms with Gasteiger partial charge in [-0.25, -0.2) is 0 Å². The van der Waals surface area contributed by atoms with Gasteiger partial charge in [-0.05, 0) is 59.7 Å². The van der Waals surface area contributed by atoms with Crippen molar-refractivity contribution in [3.05, 3.63) is 89.5 Å². The number of carbonyl (C=O) groups is 1. The zero-order chi connectivity index (χ0) is 20.9. The molecule has 30 heavy (non-hydrogen) atoms. The summed E-state index contributed by atoms with van der Waals surface area (Å²) in [6.07, 6.45) is 5.49. The molecule has 0 aliphatic rings. The minimum absolute atomic E-state index is 0.306. The number of amides is 1. The van der Waals surface area contributed by atoms with Gasteiger partial charge in [-0.3, -0.25) is 15.2 Å². The van der Waals surface area contributed by atoms with Crippen LogP contribution in [-0.2, 0) is 6.42 Å². The molecular weight excluding hydrogens is 378 g/mol. The molecule has 0 bridgehead atoms. The largest absolute Gasteiger partial charge is 0.472 e. The Balaban J connectivity index is 1.66. The Kier molecular flexibility index (Phi) is 5.22. The summed E-state index contributed by atoms with van der Waals surface area (Å²) in [7, 11) is 0. The molecule has 0 aliphatic heterocycles. The van der Waals surface area contributed by atoms with Crippen molar-refractivity contribution in [2.24, 2.45) is 5.10 Å². The molecule has 4 rings (SSSR count). The lowest BCUT2D eigenvalue weighted by Gasteiger charge is -2.12. The van der Waals surface area contributed by atoms with E-state index in [1.807, 2.05) is 18.2 Å². The van der Waals surface area contributed by atoms with Crippen molar-refractivity contribution in [1.29, 1.82) is 5.26 Å². The molecule has 0 aliphatic carbocycles. The Bertz CT molecular complexity index is 1270. The summed E-state index contributed by atoms with van der Waals surface area (Å²) in [5, 5.41) is 16.6. The molecule has 7 heteroatoms. The molecule has 0 radical (unpaired) electrons. The van der Waals surface area contributed by atoms with Gasteiger partial charge >= 0.3 is 0 Å². The number of pyridine rings is 1. The van der Waals surface area contributed by atoms with Gasteiger partial charge in [0.15, 0.2) is 0 Å². The third-order valence-corrected chi connectivity index (χ3v) is 4.67. The van der Waals surface area contributed by atoms with Crippen LogP contribution >= 0.6 is 0 Å². The van der Waals surface area contributed by atoms with Crippen LogP contribution < -0.4 is 10.7 Å². The molecule has 7 nitrogen and oxygen atoms in total. The fourth-order valence-electron chi connectivity index (χ4n) is 3.28. The van der Waals surface area contributed by atoms with Gasteiger partial charge in [0.05, 0.1) is 40.9 Å². The number of carbonyl (C=O) groups excluding carboxylic acids is 1. The Hall–Kier alpha value is -4.44. The zero-order valence-corrected chi connectivity index (χ0v) is 15.9. The first-order chi connectivity index (χ1) is 14.7. The number of anilines is 2. The van der Waals surface area contributed by atoms with Crippen LogP contribution in [0.3, 0.4) is 0 Å². The van der Waals surface area contributed by atoms with Crippen LogP contribution in [0.15, 0.2) is 76.8 Å². The lowest BCUT2D eigenvalue weighted by atomic mass is 10.0. The fraction of sp³-hybridized carbons (Fsp3) is 0.0435. The number of nitrogens with zero attached hydrogens (tertiary/aromatic N) is 3. The van der Waals surface area contributed by atoms with E-state index in [4.69, 9.17) is 4.42 Å². The Morgan fingerprint density at radius 3 is 2.90 bits per heavy atom. The number of fused-ring (bicyclic) bond motifs is 1. The molecule has 0 saturated carbocycles. The third kappa shape index (κ3) is 3.75. The average molecular weight is 395 g/mol. The second-order valence-corrected chi connectivity index (χ2v) is 6.58. The van der Waals surface area contributed by atoms with Gasteiger partial charge in [-0.1, -0.05) is 0 Å². The molecule has 0 fully saturated rings. The number of aromatic nitrogens is 1. The molecule has 0 atom stereocenters. The lowest BCUT2D eigenvalue weighted by Crippen LogP contribution is -2.13. The second-order valence-electron chi connectivity index (χ2n) is 6.58. The summed E-state index contributed by atoms with van der Waals surface area (Å²) in [5.74, 6) is -0.306. The van der Waals surface area contributed by atoms with Crippen LogP contribution in [-0.4, -0.2) is 17.6 Å². The quantitative estimate of drug-likeness (QED) is 0.368. The molecule has 146 valence electrons. The lowest BCUT2D eigenvalue weighted by molar-refractivity contribution is 0.102. The van der Waals surface area contributed by atoms with Crippen molar-refractivity contribution in [2.45, 2.75) is 6.42 Å². The van der Waals surface area contributed by atoms with Crippen molar-refractivity contribution < 1.29 is 9.21 Å². The van der Waals surface area contributed by atoms with E-state index >= 15 is 0 Å². The first kappa shape index (κ1) is 18.9. The van der Waals surface area contributed by atoms with Crippen LogP contribution in [0.25, 0.3) is 10.9 Å². The maximum atomic E-state index is 13.0. The van der Waals surface area contributed by atoms with Gasteiger partial charge in [0, 0.05) is 30.4 Å². The molecule has 0 unspecified atom stereocenters. The molecule has 2 aromatic carbocycles. The van der Waals surface area contributed by atoms with Gasteiger partial charge in [-0.2, -0.15) is 10.4 Å². The van der Waals surface area contributed by atoms with E-state index in [-0.39, 0.29) is 5.91 Å². The highest BCUT2D eigenvalue weighted by Crippen LogP contribution is 2.26. The van der Waals surface area contributed by atoms with E-state index < -0.39 is 0 Å². The molecule has 2 heterocycles. The predicted molar refractivity (Wildman–Crippen MR) is 116 cm³/mol. The Morgan fingerprint density at radius 2 is 2.13 bits per heavy atom. The number of nitriles is 1. The van der Waals surface area contributed by atoms with Crippen LogP contribution in [0.5, 0.6) is 0 Å². The SMILES string of the molecule is C=NNc1ccc(NC(=O)c2ccc(C#N)c3cccnc23)cc1Cc1ccoc1. The number of furan rings is 1. The van der Waals surface area contributed by atoms with Gasteiger partial charge in [0.1, 0.15) is 0 Å². The molecular formula is C23H17N5O2. The van der Waals surface area contributed by atoms with Crippen molar-refractivity contribution >= 4 is 34.9 Å². The first-order valence-corrected chi connectivity index (χ1v) is 9.14. The number of hydrogen-bond donors (Lipinski definition) is 2. The zero-order valence-electron chi connectivity index (χ0n) is 15.9. The van der Waals surface area contributed by atoms with E-state index in [9.17, 15) is 10.1 Å². The van der Waals surface area contributed by atoms with Gasteiger partial charge in [0.25, 0.3) is 5.91 Å². The summed E-state index contributed by atoms with van der Waals surface area (Å²) in [6, 6.07) is 16.3. The first-order valence-electron chi connectivity index (χ1n) is 9.14. The second kappa shape index (κ2) is 8.29. The normalized spacial score (nSPS) is 10.4. The van der Waals surface area contributed by atoms with Crippen molar-refractivity contribution in [3.8, 4) is 6.07 Å². The highest BCUT2D eigenvalue weighted by atomic mass is 16.3. The molecule has 2 N–H and O–H groups in total. The molecule has 0 spiro atoms. The van der Waals surface area contributed by atoms with Crippen molar-refractivity contribution in [2.75, 3.05) is 10.7 Å². The van der Waals surface area contributed by atoms with Crippen LogP contribution in [0, 0.1) is 11.3 Å². The van der Waals surface area contributed by atoms with Crippen LogP contribution in [0.4, 0.5) is 11.4 Å². The topological polar surface area (TPSA) is 103 Å². The minimum Gasteiger partial charge on any atom is -0.472 e. The Labute approximate surface area is 172 Å². The number of rotatable bonds is 6. The van der Waals surface area contributed by atoms with Gasteiger partial charge < -0.3 is 9.73 Å². The van der Waals surface area contributed by atoms with Crippen LogP contribution in [0.2, 0.25) is 0 Å². The maximum Gasteiger partial charge on any atom is 0.257 e. The summed E-state index contributed by atoms with van der Waals surface area (Å²) in [6.45, 7) is 3.47. The highest BCUT2D eigenvalue weighted by Gasteiger charge is 2.15. The van der Waals surface area contributed by atoms with Crippen molar-refractivity contribution in [3.63, 3.8) is 0 Å². The number of hydrogen-bond acceptors (Lipinski definition) is 6. The van der Waals surface area contributed by atoms with E-state index in [1.54, 1.807) is 49.1 Å². The number of benzene rings is 2. The standard InChI is InChI=1S/C23H17N5O2/c1-25-28-21-7-5-18(12-17(21)11-15-8-10-30-14-15)27-23(29)20-6-4-16(13-24)19-3-2-9-26-22(19)20/h2-10,12,14,28H,1,11H2,(H,27,29).